The van der Waals surface area contributed by atoms with Crippen LogP contribution in [0.25, 0.3) is 0 Å². The predicted octanol–water partition coefficient (Wildman–Crippen LogP) is 0.0469. The number of carboxylic acid groups (broad SMARTS) is 1. The van der Waals surface area contributed by atoms with Gasteiger partial charge in [0, 0.05) is 0 Å². The van der Waals surface area contributed by atoms with Crippen molar-refractivity contribution in [1.82, 2.24) is 0 Å². The van der Waals surface area contributed by atoms with E-state index < -0.39 is 20.7 Å². The second-order valence-corrected chi connectivity index (χ2v) is 2.36. The van der Waals surface area contributed by atoms with Gasteiger partial charge in [0.05, 0.1) is 0 Å². The van der Waals surface area contributed by atoms with Gasteiger partial charge >= 0.3 is 40.2 Å². The molecule has 0 fully saturated rings. The van der Waals surface area contributed by atoms with Gasteiger partial charge in [0.2, 0.25) is 0 Å². The molecule has 4 nitrogen and oxygen atoms in total. The van der Waals surface area contributed by atoms with E-state index in [1.165, 1.54) is 0 Å². The quantitative estimate of drug-likeness (QED) is 0.431. The molecule has 0 bridgehead atoms. The fourth-order valence-electron chi connectivity index (χ4n) is 0.0478. The first kappa shape index (κ1) is 5.63. The summed E-state index contributed by atoms with van der Waals surface area (Å²) in [6.07, 6.45) is 0. The van der Waals surface area contributed by atoms with Crippen molar-refractivity contribution in [2.45, 2.75) is 0 Å². The van der Waals surface area contributed by atoms with E-state index >= 15 is 0 Å². The fraction of sp³-hybridized carbons (Fsp3) is 0. The van der Waals surface area contributed by atoms with Gasteiger partial charge in [-0.15, -0.1) is 0 Å². The van der Waals surface area contributed by atoms with E-state index in [0.29, 0.717) is 0 Å². The average Bonchev–Trinajstić information content (AvgIpc) is 1.35. The Kier molecular flexibility index (Phi) is 2.67. The normalized spacial score (nSPS) is 9.33. The van der Waals surface area contributed by atoms with Crippen LogP contribution in [0.1, 0.15) is 0 Å². The van der Waals surface area contributed by atoms with Crippen LogP contribution in [0.15, 0.2) is 4.03 Å². The second kappa shape index (κ2) is 2.84. The van der Waals surface area contributed by atoms with E-state index in [2.05, 4.69) is 4.03 Å². The molecule has 0 aromatic carbocycles. The van der Waals surface area contributed by atoms with Gasteiger partial charge < -0.3 is 0 Å². The standard InChI is InChI=1S/CH3AsN2O2/c3-4-2-1(5)6/h2-3H,(H,5,6). The van der Waals surface area contributed by atoms with Gasteiger partial charge in [0.25, 0.3) is 0 Å². The molecule has 2 N–H and O–H groups in total. The molecule has 0 spiro atoms. The summed E-state index contributed by atoms with van der Waals surface area (Å²) in [4.78, 5) is 9.44. The molecule has 0 aromatic rings. The monoisotopic (exact) mass is 150 g/mol. The van der Waals surface area contributed by atoms with Crippen molar-refractivity contribution in [1.29, 1.82) is 5.53 Å². The summed E-state index contributed by atoms with van der Waals surface area (Å²) in [5, 5.41) is 7.76. The number of hydrogen-bond donors (Lipinski definition) is 2. The molecule has 1 unspecified atom stereocenters. The molecule has 1 atom stereocenters. The minimum absolute atomic E-state index is 0.940. The van der Waals surface area contributed by atoms with Crippen molar-refractivity contribution in [3.8, 4) is 0 Å². The molecule has 0 aliphatic carbocycles. The van der Waals surface area contributed by atoms with Gasteiger partial charge in [0.1, 0.15) is 0 Å². The molecule has 0 heterocycles. The molecule has 0 saturated carbocycles. The molecule has 0 aromatic heterocycles. The third kappa shape index (κ3) is 3.63. The summed E-state index contributed by atoms with van der Waals surface area (Å²) in [5.74, 6) is 0. The van der Waals surface area contributed by atoms with E-state index in [4.69, 9.17) is 10.6 Å². The van der Waals surface area contributed by atoms with Crippen LogP contribution >= 0.6 is 0 Å². The molecule has 34 valence electrons. The van der Waals surface area contributed by atoms with Crippen molar-refractivity contribution >= 4 is 20.7 Å². The number of carbonyl (C=O) groups is 1. The Hall–Kier alpha value is -0.372. The van der Waals surface area contributed by atoms with Crippen LogP contribution in [0.5, 0.6) is 0 Å². The molecule has 0 radical (unpaired) electrons. The zero-order chi connectivity index (χ0) is 4.99. The molecular weight excluding hydrogens is 147 g/mol. The van der Waals surface area contributed by atoms with Crippen molar-refractivity contribution in [3.05, 3.63) is 0 Å². The zero-order valence-electron chi connectivity index (χ0n) is 2.80. The second-order valence-electron chi connectivity index (χ2n) is 0.529. The SMILES string of the molecule is N=N[AsH]C(=O)O. The fourth-order valence-corrected chi connectivity index (χ4v) is 0.248. The van der Waals surface area contributed by atoms with Gasteiger partial charge in [-0.25, -0.2) is 0 Å². The summed E-state index contributed by atoms with van der Waals surface area (Å²) < 4.78 is 1.77. The maximum atomic E-state index is 9.44. The Morgan fingerprint density at radius 1 is 2.00 bits per heavy atom. The Morgan fingerprint density at radius 3 is 2.50 bits per heavy atom. The third-order valence-electron chi connectivity index (χ3n) is 0.152. The van der Waals surface area contributed by atoms with E-state index in [0.717, 1.165) is 0 Å². The van der Waals surface area contributed by atoms with E-state index in [9.17, 15) is 4.79 Å². The Balaban J connectivity index is 3.05. The van der Waals surface area contributed by atoms with Crippen LogP contribution in [-0.4, -0.2) is 25.8 Å². The van der Waals surface area contributed by atoms with Crippen molar-refractivity contribution in [2.75, 3.05) is 0 Å². The Morgan fingerprint density at radius 2 is 2.50 bits per heavy atom. The molecule has 0 aliphatic heterocycles. The first-order valence-electron chi connectivity index (χ1n) is 1.12. The summed E-state index contributed by atoms with van der Waals surface area (Å²) in [7, 11) is 0. The van der Waals surface area contributed by atoms with Gasteiger partial charge in [-0.05, 0) is 0 Å². The predicted molar refractivity (Wildman–Crippen MR) is 20.3 cm³/mol. The van der Waals surface area contributed by atoms with Gasteiger partial charge in [0.15, 0.2) is 0 Å². The van der Waals surface area contributed by atoms with Crippen molar-refractivity contribution in [2.24, 2.45) is 4.03 Å². The van der Waals surface area contributed by atoms with Crippen LogP contribution < -0.4 is 0 Å². The number of nitrogens with one attached hydrogen (secondary N) is 1. The summed E-state index contributed by atoms with van der Waals surface area (Å²) in [6, 6.07) is 0. The number of hydrogen-bond acceptors (Lipinski definition) is 3. The van der Waals surface area contributed by atoms with Crippen LogP contribution in [-0.2, 0) is 0 Å². The Bertz CT molecular complexity index is 71.9. The average molecular weight is 150 g/mol. The summed E-state index contributed by atoms with van der Waals surface area (Å²) >= 11 is -1.33. The van der Waals surface area contributed by atoms with Gasteiger partial charge in [-0.3, -0.25) is 0 Å². The van der Waals surface area contributed by atoms with Gasteiger partial charge in [-0.1, -0.05) is 0 Å². The summed E-state index contributed by atoms with van der Waals surface area (Å²) in [5.41, 5.74) is 6.03. The van der Waals surface area contributed by atoms with Crippen molar-refractivity contribution < 1.29 is 9.90 Å². The Labute approximate surface area is 41.0 Å². The van der Waals surface area contributed by atoms with Crippen LogP contribution in [0.3, 0.4) is 0 Å². The maximum absolute atomic E-state index is 9.44. The molecular formula is CH3AsN2O2. The summed E-state index contributed by atoms with van der Waals surface area (Å²) in [6.45, 7) is 0. The van der Waals surface area contributed by atoms with Crippen LogP contribution in [0.4, 0.5) is 4.79 Å². The van der Waals surface area contributed by atoms with E-state index in [1.54, 1.807) is 0 Å². The van der Waals surface area contributed by atoms with Crippen LogP contribution in [0, 0.1) is 5.53 Å². The van der Waals surface area contributed by atoms with Crippen LogP contribution in [0.2, 0.25) is 0 Å². The first-order chi connectivity index (χ1) is 2.77. The topological polar surface area (TPSA) is 73.5 Å². The number of rotatable bonds is 2. The molecule has 5 heteroatoms. The van der Waals surface area contributed by atoms with Crippen molar-refractivity contribution in [3.63, 3.8) is 0 Å². The van der Waals surface area contributed by atoms with E-state index in [1.807, 2.05) is 0 Å². The zero-order valence-corrected chi connectivity index (χ0v) is 4.90. The molecule has 0 aliphatic rings. The van der Waals surface area contributed by atoms with E-state index in [-0.39, 0.29) is 0 Å². The third-order valence-corrected chi connectivity index (χ3v) is 0.787. The molecule has 0 saturated heterocycles. The number of nitrogens with zero attached hydrogens (tertiary/aromatic N) is 1. The first-order valence-corrected chi connectivity index (χ1v) is 3.11. The molecule has 0 amide bonds. The molecule has 0 rings (SSSR count). The van der Waals surface area contributed by atoms with Gasteiger partial charge in [-0.2, -0.15) is 0 Å². The minimum atomic E-state index is -1.33. The molecule has 6 heavy (non-hydrogen) atoms.